The summed E-state index contributed by atoms with van der Waals surface area (Å²) >= 11 is 14.8. The van der Waals surface area contributed by atoms with Gasteiger partial charge in [0.1, 0.15) is 11.7 Å². The zero-order chi connectivity index (χ0) is 15.6. The van der Waals surface area contributed by atoms with Gasteiger partial charge >= 0.3 is 0 Å². The number of Topliss-reactive ketones (excluding diaryl/α,β-unsaturated/α-hetero) is 1. The standard InChI is InChI=1S/C15H7BrCl2FNO/c16-10-3-9(4-11(19)6-10)15(21)12(7-20)8-1-2-13(17)14(18)5-8/h1-6,12H. The molecule has 1 unspecified atom stereocenters. The average Bonchev–Trinajstić information content (AvgIpc) is 2.42. The van der Waals surface area contributed by atoms with Gasteiger partial charge in [-0.2, -0.15) is 5.26 Å². The third kappa shape index (κ3) is 3.62. The molecule has 1 atom stereocenters. The maximum Gasteiger partial charge on any atom is 0.184 e. The highest BCUT2D eigenvalue weighted by Gasteiger charge is 2.23. The van der Waals surface area contributed by atoms with Crippen molar-refractivity contribution < 1.29 is 9.18 Å². The van der Waals surface area contributed by atoms with Gasteiger partial charge < -0.3 is 0 Å². The highest BCUT2D eigenvalue weighted by molar-refractivity contribution is 9.10. The van der Waals surface area contributed by atoms with E-state index in [1.54, 1.807) is 6.07 Å². The minimum Gasteiger partial charge on any atom is -0.292 e. The molecule has 0 aliphatic carbocycles. The maximum absolute atomic E-state index is 13.4. The number of ketones is 1. The average molecular weight is 387 g/mol. The van der Waals surface area contributed by atoms with Crippen LogP contribution in [0.15, 0.2) is 40.9 Å². The van der Waals surface area contributed by atoms with E-state index < -0.39 is 17.5 Å². The SMILES string of the molecule is N#CC(C(=O)c1cc(F)cc(Br)c1)c1ccc(Cl)c(Cl)c1. The molecule has 2 nitrogen and oxygen atoms in total. The van der Waals surface area contributed by atoms with E-state index in [1.165, 1.54) is 24.3 Å². The predicted molar refractivity (Wildman–Crippen MR) is 83.2 cm³/mol. The molecule has 0 aromatic heterocycles. The van der Waals surface area contributed by atoms with Gasteiger partial charge in [-0.25, -0.2) is 4.39 Å². The largest absolute Gasteiger partial charge is 0.292 e. The van der Waals surface area contributed by atoms with Crippen molar-refractivity contribution in [2.75, 3.05) is 0 Å². The van der Waals surface area contributed by atoms with E-state index in [1.807, 2.05) is 6.07 Å². The summed E-state index contributed by atoms with van der Waals surface area (Å²) < 4.78 is 13.8. The minimum absolute atomic E-state index is 0.111. The van der Waals surface area contributed by atoms with Gasteiger partial charge in [-0.15, -0.1) is 0 Å². The molecule has 2 aromatic rings. The van der Waals surface area contributed by atoms with Crippen LogP contribution in [0.1, 0.15) is 21.8 Å². The van der Waals surface area contributed by atoms with Crippen LogP contribution in [0, 0.1) is 17.1 Å². The van der Waals surface area contributed by atoms with E-state index in [2.05, 4.69) is 15.9 Å². The summed E-state index contributed by atoms with van der Waals surface area (Å²) in [6.07, 6.45) is 0. The Morgan fingerprint density at radius 1 is 1.19 bits per heavy atom. The lowest BCUT2D eigenvalue weighted by Gasteiger charge is -2.10. The predicted octanol–water partition coefficient (Wildman–Crippen LogP) is 5.39. The Labute approximate surface area is 139 Å². The molecule has 21 heavy (non-hydrogen) atoms. The van der Waals surface area contributed by atoms with Gasteiger partial charge in [0.15, 0.2) is 5.78 Å². The van der Waals surface area contributed by atoms with Gasteiger partial charge in [-0.05, 0) is 35.9 Å². The van der Waals surface area contributed by atoms with Crippen molar-refractivity contribution in [2.24, 2.45) is 0 Å². The normalized spacial score (nSPS) is 11.8. The lowest BCUT2D eigenvalue weighted by molar-refractivity contribution is 0.0978. The van der Waals surface area contributed by atoms with Gasteiger partial charge in [-0.3, -0.25) is 4.79 Å². The van der Waals surface area contributed by atoms with Gasteiger partial charge in [0, 0.05) is 10.0 Å². The van der Waals surface area contributed by atoms with Crippen LogP contribution >= 0.6 is 39.1 Å². The Balaban J connectivity index is 2.43. The molecule has 0 heterocycles. The quantitative estimate of drug-likeness (QED) is 0.664. The topological polar surface area (TPSA) is 40.9 Å². The van der Waals surface area contributed by atoms with Crippen LogP contribution in [-0.4, -0.2) is 5.78 Å². The van der Waals surface area contributed by atoms with Crippen LogP contribution in [0.25, 0.3) is 0 Å². The third-order valence-electron chi connectivity index (χ3n) is 2.82. The van der Waals surface area contributed by atoms with Crippen molar-refractivity contribution in [1.82, 2.24) is 0 Å². The molecule has 2 aromatic carbocycles. The second-order valence-electron chi connectivity index (χ2n) is 4.26. The lowest BCUT2D eigenvalue weighted by atomic mass is 9.92. The molecule has 0 aliphatic heterocycles. The van der Waals surface area contributed by atoms with Crippen LogP contribution in [-0.2, 0) is 0 Å². The second kappa shape index (κ2) is 6.57. The molecule has 106 valence electrons. The van der Waals surface area contributed by atoms with Gasteiger partial charge in [0.25, 0.3) is 0 Å². The number of hydrogen-bond acceptors (Lipinski definition) is 2. The fourth-order valence-electron chi connectivity index (χ4n) is 1.84. The molecule has 0 spiro atoms. The minimum atomic E-state index is -1.08. The van der Waals surface area contributed by atoms with Crippen molar-refractivity contribution in [1.29, 1.82) is 5.26 Å². The molecular formula is C15H7BrCl2FNO. The molecular weight excluding hydrogens is 380 g/mol. The highest BCUT2D eigenvalue weighted by atomic mass is 79.9. The van der Waals surface area contributed by atoms with E-state index in [0.29, 0.717) is 15.1 Å². The molecule has 0 bridgehead atoms. The maximum atomic E-state index is 13.4. The number of rotatable bonds is 3. The van der Waals surface area contributed by atoms with Gasteiger partial charge in [-0.1, -0.05) is 45.2 Å². The van der Waals surface area contributed by atoms with Crippen molar-refractivity contribution in [3.05, 3.63) is 67.9 Å². The van der Waals surface area contributed by atoms with E-state index in [4.69, 9.17) is 23.2 Å². The molecule has 0 saturated carbocycles. The molecule has 0 aliphatic rings. The number of halogens is 4. The lowest BCUT2D eigenvalue weighted by Crippen LogP contribution is -2.11. The Bertz CT molecular complexity index is 738. The molecule has 6 heteroatoms. The van der Waals surface area contributed by atoms with E-state index in [0.717, 1.165) is 6.07 Å². The zero-order valence-corrected chi connectivity index (χ0v) is 13.5. The van der Waals surface area contributed by atoms with Crippen LogP contribution in [0.3, 0.4) is 0 Å². The smallest absolute Gasteiger partial charge is 0.184 e. The summed E-state index contributed by atoms with van der Waals surface area (Å²) in [6, 6.07) is 10.2. The fourth-order valence-corrected chi connectivity index (χ4v) is 2.61. The molecule has 0 N–H and O–H groups in total. The Morgan fingerprint density at radius 2 is 1.90 bits per heavy atom. The fraction of sp³-hybridized carbons (Fsp3) is 0.0667. The number of carbonyl (C=O) groups excluding carboxylic acids is 1. The Hall–Kier alpha value is -1.41. The van der Waals surface area contributed by atoms with Crippen LogP contribution in [0.5, 0.6) is 0 Å². The summed E-state index contributed by atoms with van der Waals surface area (Å²) in [5, 5.41) is 9.84. The Kier molecular flexibility index (Phi) is 5.00. The number of nitriles is 1. The van der Waals surface area contributed by atoms with Crippen molar-refractivity contribution in [2.45, 2.75) is 5.92 Å². The van der Waals surface area contributed by atoms with Crippen molar-refractivity contribution in [3.8, 4) is 6.07 Å². The van der Waals surface area contributed by atoms with Crippen LogP contribution < -0.4 is 0 Å². The molecule has 0 radical (unpaired) electrons. The molecule has 0 saturated heterocycles. The third-order valence-corrected chi connectivity index (χ3v) is 4.01. The van der Waals surface area contributed by atoms with Crippen molar-refractivity contribution >= 4 is 44.9 Å². The zero-order valence-electron chi connectivity index (χ0n) is 10.4. The Morgan fingerprint density at radius 3 is 2.48 bits per heavy atom. The summed E-state index contributed by atoms with van der Waals surface area (Å²) in [4.78, 5) is 12.4. The summed E-state index contributed by atoms with van der Waals surface area (Å²) in [7, 11) is 0. The summed E-state index contributed by atoms with van der Waals surface area (Å²) in [5.74, 6) is -2.14. The van der Waals surface area contributed by atoms with Crippen LogP contribution in [0.4, 0.5) is 4.39 Å². The van der Waals surface area contributed by atoms with Gasteiger partial charge in [0.05, 0.1) is 16.1 Å². The first-order chi connectivity index (χ1) is 9.92. The first-order valence-corrected chi connectivity index (χ1v) is 7.32. The van der Waals surface area contributed by atoms with Crippen molar-refractivity contribution in [3.63, 3.8) is 0 Å². The van der Waals surface area contributed by atoms with Crippen LogP contribution in [0.2, 0.25) is 10.0 Å². The van der Waals surface area contributed by atoms with E-state index in [-0.39, 0.29) is 10.6 Å². The number of carbonyl (C=O) groups is 1. The highest BCUT2D eigenvalue weighted by Crippen LogP contribution is 2.29. The number of nitrogens with zero attached hydrogens (tertiary/aromatic N) is 1. The van der Waals surface area contributed by atoms with E-state index >= 15 is 0 Å². The summed E-state index contributed by atoms with van der Waals surface area (Å²) in [6.45, 7) is 0. The summed E-state index contributed by atoms with van der Waals surface area (Å²) in [5.41, 5.74) is 0.525. The molecule has 2 rings (SSSR count). The molecule has 0 fully saturated rings. The van der Waals surface area contributed by atoms with Gasteiger partial charge in [0.2, 0.25) is 0 Å². The van der Waals surface area contributed by atoms with E-state index in [9.17, 15) is 14.4 Å². The second-order valence-corrected chi connectivity index (χ2v) is 5.99. The first-order valence-electron chi connectivity index (χ1n) is 5.77. The number of hydrogen-bond donors (Lipinski definition) is 0. The number of benzene rings is 2. The molecule has 0 amide bonds. The monoisotopic (exact) mass is 385 g/mol. The first kappa shape index (κ1) is 16.0.